The standard InChI is InChI=1S/C11H13NO2/c1-7-12-10-8(11(2,3)13)5-4-6-9(10)14-7/h4-6,13H,1-3H3. The number of aromatic nitrogens is 1. The first kappa shape index (κ1) is 9.21. The topological polar surface area (TPSA) is 46.3 Å². The van der Waals surface area contributed by atoms with E-state index in [9.17, 15) is 5.11 Å². The lowest BCUT2D eigenvalue weighted by atomic mass is 9.97. The van der Waals surface area contributed by atoms with Crippen molar-refractivity contribution in [2.45, 2.75) is 26.4 Å². The maximum absolute atomic E-state index is 9.91. The molecule has 0 amide bonds. The van der Waals surface area contributed by atoms with Gasteiger partial charge in [0.1, 0.15) is 5.52 Å². The van der Waals surface area contributed by atoms with Crippen LogP contribution in [0, 0.1) is 6.92 Å². The van der Waals surface area contributed by atoms with Crippen molar-refractivity contribution in [3.8, 4) is 0 Å². The predicted octanol–water partition coefficient (Wildman–Crippen LogP) is 2.36. The lowest BCUT2D eigenvalue weighted by Crippen LogP contribution is -2.15. The van der Waals surface area contributed by atoms with Gasteiger partial charge in [-0.3, -0.25) is 0 Å². The predicted molar refractivity (Wildman–Crippen MR) is 54.0 cm³/mol. The van der Waals surface area contributed by atoms with Gasteiger partial charge in [-0.2, -0.15) is 0 Å². The number of hydrogen-bond donors (Lipinski definition) is 1. The van der Waals surface area contributed by atoms with Crippen LogP contribution in [0.5, 0.6) is 0 Å². The van der Waals surface area contributed by atoms with Crippen LogP contribution in [0.3, 0.4) is 0 Å². The van der Waals surface area contributed by atoms with Gasteiger partial charge in [0.25, 0.3) is 0 Å². The molecule has 1 aromatic heterocycles. The number of aryl methyl sites for hydroxylation is 1. The van der Waals surface area contributed by atoms with Gasteiger partial charge in [-0.05, 0) is 19.9 Å². The third-order valence-corrected chi connectivity index (χ3v) is 2.19. The Hall–Kier alpha value is -1.35. The highest BCUT2D eigenvalue weighted by Crippen LogP contribution is 2.27. The summed E-state index contributed by atoms with van der Waals surface area (Å²) in [5.41, 5.74) is 1.38. The summed E-state index contributed by atoms with van der Waals surface area (Å²) < 4.78 is 5.38. The van der Waals surface area contributed by atoms with Crippen molar-refractivity contribution in [2.75, 3.05) is 0 Å². The average molecular weight is 191 g/mol. The molecule has 2 rings (SSSR count). The van der Waals surface area contributed by atoms with E-state index in [1.54, 1.807) is 20.8 Å². The zero-order chi connectivity index (χ0) is 10.3. The number of hydrogen-bond acceptors (Lipinski definition) is 3. The van der Waals surface area contributed by atoms with Crippen molar-refractivity contribution in [3.05, 3.63) is 29.7 Å². The second-order valence-electron chi connectivity index (χ2n) is 3.94. The highest BCUT2D eigenvalue weighted by molar-refractivity contribution is 5.77. The molecule has 1 heterocycles. The second-order valence-corrected chi connectivity index (χ2v) is 3.94. The zero-order valence-corrected chi connectivity index (χ0v) is 8.53. The van der Waals surface area contributed by atoms with E-state index < -0.39 is 5.60 Å². The molecule has 0 bridgehead atoms. The minimum absolute atomic E-state index is 0.622. The van der Waals surface area contributed by atoms with Crippen LogP contribution >= 0.6 is 0 Å². The molecule has 0 fully saturated rings. The van der Waals surface area contributed by atoms with Gasteiger partial charge in [0.05, 0.1) is 5.60 Å². The molecule has 0 unspecified atom stereocenters. The third-order valence-electron chi connectivity index (χ3n) is 2.19. The molecular formula is C11H13NO2. The van der Waals surface area contributed by atoms with Crippen LogP contribution in [-0.2, 0) is 5.60 Å². The molecule has 0 radical (unpaired) electrons. The minimum Gasteiger partial charge on any atom is -0.441 e. The number of oxazole rings is 1. The van der Waals surface area contributed by atoms with Gasteiger partial charge in [0.15, 0.2) is 11.5 Å². The molecule has 0 aliphatic rings. The molecule has 0 aliphatic heterocycles. The van der Waals surface area contributed by atoms with E-state index in [2.05, 4.69) is 4.98 Å². The minimum atomic E-state index is -0.886. The van der Waals surface area contributed by atoms with Gasteiger partial charge in [0, 0.05) is 12.5 Å². The molecular weight excluding hydrogens is 178 g/mol. The van der Waals surface area contributed by atoms with Crippen molar-refractivity contribution in [3.63, 3.8) is 0 Å². The van der Waals surface area contributed by atoms with Gasteiger partial charge in [-0.1, -0.05) is 12.1 Å². The lowest BCUT2D eigenvalue weighted by molar-refractivity contribution is 0.0800. The van der Waals surface area contributed by atoms with Crippen LogP contribution in [0.4, 0.5) is 0 Å². The van der Waals surface area contributed by atoms with Crippen molar-refractivity contribution >= 4 is 11.1 Å². The molecule has 0 atom stereocenters. The molecule has 1 aromatic carbocycles. The number of nitrogens with zero attached hydrogens (tertiary/aromatic N) is 1. The van der Waals surface area contributed by atoms with Crippen LogP contribution in [0.25, 0.3) is 11.1 Å². The fourth-order valence-corrected chi connectivity index (χ4v) is 1.55. The molecule has 3 nitrogen and oxygen atoms in total. The first-order chi connectivity index (χ1) is 6.48. The van der Waals surface area contributed by atoms with Gasteiger partial charge in [-0.15, -0.1) is 0 Å². The Morgan fingerprint density at radius 3 is 2.71 bits per heavy atom. The summed E-state index contributed by atoms with van der Waals surface area (Å²) in [5, 5.41) is 9.91. The molecule has 0 saturated heterocycles. The smallest absolute Gasteiger partial charge is 0.192 e. The molecule has 14 heavy (non-hydrogen) atoms. The highest BCUT2D eigenvalue weighted by Gasteiger charge is 2.20. The van der Waals surface area contributed by atoms with Crippen LogP contribution in [0.1, 0.15) is 25.3 Å². The average Bonchev–Trinajstić information content (AvgIpc) is 2.41. The molecule has 1 N–H and O–H groups in total. The summed E-state index contributed by atoms with van der Waals surface area (Å²) >= 11 is 0. The number of benzene rings is 1. The fraction of sp³-hybridized carbons (Fsp3) is 0.364. The highest BCUT2D eigenvalue weighted by atomic mass is 16.3. The van der Waals surface area contributed by atoms with Gasteiger partial charge in [0.2, 0.25) is 0 Å². The fourth-order valence-electron chi connectivity index (χ4n) is 1.55. The monoisotopic (exact) mass is 191 g/mol. The molecule has 0 spiro atoms. The van der Waals surface area contributed by atoms with E-state index in [1.807, 2.05) is 18.2 Å². The third kappa shape index (κ3) is 1.40. The lowest BCUT2D eigenvalue weighted by Gasteiger charge is -2.17. The van der Waals surface area contributed by atoms with Crippen LogP contribution in [0.2, 0.25) is 0 Å². The van der Waals surface area contributed by atoms with Gasteiger partial charge in [-0.25, -0.2) is 4.98 Å². The van der Waals surface area contributed by atoms with E-state index in [1.165, 1.54) is 0 Å². The molecule has 3 heteroatoms. The summed E-state index contributed by atoms with van der Waals surface area (Å²) in [6, 6.07) is 5.58. The quantitative estimate of drug-likeness (QED) is 0.752. The summed E-state index contributed by atoms with van der Waals surface area (Å²) in [6.45, 7) is 5.28. The summed E-state index contributed by atoms with van der Waals surface area (Å²) in [5.74, 6) is 0.622. The molecule has 2 aromatic rings. The Kier molecular flexibility index (Phi) is 1.86. The van der Waals surface area contributed by atoms with Crippen molar-refractivity contribution in [1.82, 2.24) is 4.98 Å². The molecule has 0 saturated carbocycles. The summed E-state index contributed by atoms with van der Waals surface area (Å²) in [6.07, 6.45) is 0. The number of para-hydroxylation sites is 1. The molecule has 74 valence electrons. The van der Waals surface area contributed by atoms with E-state index in [-0.39, 0.29) is 0 Å². The van der Waals surface area contributed by atoms with E-state index in [0.717, 1.165) is 16.7 Å². The SMILES string of the molecule is Cc1nc2c(C(C)(C)O)cccc2o1. The maximum atomic E-state index is 9.91. The van der Waals surface area contributed by atoms with Crippen LogP contribution in [-0.4, -0.2) is 10.1 Å². The Morgan fingerprint density at radius 2 is 2.07 bits per heavy atom. The second kappa shape index (κ2) is 2.82. The maximum Gasteiger partial charge on any atom is 0.192 e. The Bertz CT molecular complexity index is 466. The largest absolute Gasteiger partial charge is 0.441 e. The number of rotatable bonds is 1. The zero-order valence-electron chi connectivity index (χ0n) is 8.53. The summed E-state index contributed by atoms with van der Waals surface area (Å²) in [4.78, 5) is 4.25. The van der Waals surface area contributed by atoms with Gasteiger partial charge >= 0.3 is 0 Å². The van der Waals surface area contributed by atoms with Crippen molar-refractivity contribution < 1.29 is 9.52 Å². The van der Waals surface area contributed by atoms with Crippen molar-refractivity contribution in [2.24, 2.45) is 0 Å². The first-order valence-electron chi connectivity index (χ1n) is 4.57. The Labute approximate surface area is 82.4 Å². The normalized spacial score (nSPS) is 12.3. The van der Waals surface area contributed by atoms with Crippen LogP contribution < -0.4 is 0 Å². The summed E-state index contributed by atoms with van der Waals surface area (Å²) in [7, 11) is 0. The van der Waals surface area contributed by atoms with Crippen molar-refractivity contribution in [1.29, 1.82) is 0 Å². The Morgan fingerprint density at radius 1 is 1.36 bits per heavy atom. The number of fused-ring (bicyclic) bond motifs is 1. The van der Waals surface area contributed by atoms with Gasteiger partial charge < -0.3 is 9.52 Å². The number of aliphatic hydroxyl groups is 1. The van der Waals surface area contributed by atoms with E-state index >= 15 is 0 Å². The van der Waals surface area contributed by atoms with E-state index in [4.69, 9.17) is 4.42 Å². The first-order valence-corrected chi connectivity index (χ1v) is 4.57. The van der Waals surface area contributed by atoms with E-state index in [0.29, 0.717) is 5.89 Å². The van der Waals surface area contributed by atoms with Crippen LogP contribution in [0.15, 0.2) is 22.6 Å². The molecule has 0 aliphatic carbocycles. The Balaban J connectivity index is 2.77.